The first-order valence-corrected chi connectivity index (χ1v) is 2.51. The summed E-state index contributed by atoms with van der Waals surface area (Å²) in [4.78, 5) is 0. The van der Waals surface area contributed by atoms with Crippen LogP contribution in [0.5, 0.6) is 0 Å². The topological polar surface area (TPSA) is 0 Å². The molecule has 0 saturated carbocycles. The van der Waals surface area contributed by atoms with E-state index < -0.39 is 0 Å². The summed E-state index contributed by atoms with van der Waals surface area (Å²) in [5.74, 6) is 0.816. The summed E-state index contributed by atoms with van der Waals surface area (Å²) in [6.45, 7) is 2.13. The van der Waals surface area contributed by atoms with E-state index in [-0.39, 0.29) is 39.0 Å². The quantitative estimate of drug-likeness (QED) is 0.496. The minimum Gasteiger partial charge on any atom is -0.127 e. The summed E-state index contributed by atoms with van der Waals surface area (Å²) in [6, 6.07) is 0. The zero-order chi connectivity index (χ0) is 4.12. The standard InChI is InChI=1S/C4H9Cl.2Zn/c1-2-3-4-5;;/h2-4H2,1H3;;. The first-order chi connectivity index (χ1) is 2.41. The van der Waals surface area contributed by atoms with Crippen molar-refractivity contribution in [3.63, 3.8) is 0 Å². The molecule has 0 aromatic carbocycles. The van der Waals surface area contributed by atoms with Crippen molar-refractivity contribution >= 4 is 11.6 Å². The van der Waals surface area contributed by atoms with Crippen LogP contribution in [0, 0.1) is 0 Å². The van der Waals surface area contributed by atoms with Crippen LogP contribution in [0.3, 0.4) is 0 Å². The van der Waals surface area contributed by atoms with Crippen molar-refractivity contribution in [1.29, 1.82) is 0 Å². The van der Waals surface area contributed by atoms with Crippen LogP contribution < -0.4 is 0 Å². The third-order valence-electron chi connectivity index (χ3n) is 0.487. The molecule has 0 unspecified atom stereocenters. The van der Waals surface area contributed by atoms with Gasteiger partial charge in [0.15, 0.2) is 0 Å². The van der Waals surface area contributed by atoms with Gasteiger partial charge in [0.05, 0.1) is 0 Å². The Morgan fingerprint density at radius 3 is 1.71 bits per heavy atom. The van der Waals surface area contributed by atoms with Gasteiger partial charge in [-0.25, -0.2) is 0 Å². The molecular formula is C4H9ClZn2. The number of rotatable bonds is 2. The smallest absolute Gasteiger partial charge is 0.0223 e. The fourth-order valence-electron chi connectivity index (χ4n) is 0.134. The second kappa shape index (κ2) is 15.6. The monoisotopic (exact) mass is 220 g/mol. The SMILES string of the molecule is CCCCCl.[Zn].[Zn]. The van der Waals surface area contributed by atoms with Gasteiger partial charge in [-0.15, -0.1) is 11.6 Å². The molecule has 36 valence electrons. The molecule has 0 atom stereocenters. The largest absolute Gasteiger partial charge is 0.127 e. The van der Waals surface area contributed by atoms with Crippen LogP contribution in [0.2, 0.25) is 0 Å². The fraction of sp³-hybridized carbons (Fsp3) is 1.00. The van der Waals surface area contributed by atoms with Gasteiger partial charge >= 0.3 is 0 Å². The van der Waals surface area contributed by atoms with Crippen LogP contribution in [0.25, 0.3) is 0 Å². The summed E-state index contributed by atoms with van der Waals surface area (Å²) in [5, 5.41) is 0. The Morgan fingerprint density at radius 1 is 1.29 bits per heavy atom. The zero-order valence-electron chi connectivity index (χ0n) is 4.91. The van der Waals surface area contributed by atoms with Gasteiger partial charge in [0, 0.05) is 44.8 Å². The average Bonchev–Trinajstić information content (AvgIpc) is 1.41. The molecule has 0 rings (SSSR count). The third kappa shape index (κ3) is 18.5. The predicted molar refractivity (Wildman–Crippen MR) is 25.6 cm³/mol. The minimum atomic E-state index is 0. The molecule has 0 bridgehead atoms. The van der Waals surface area contributed by atoms with Crippen molar-refractivity contribution in [2.24, 2.45) is 0 Å². The number of alkyl halides is 1. The van der Waals surface area contributed by atoms with E-state index in [1.807, 2.05) is 0 Å². The number of halogens is 1. The van der Waals surface area contributed by atoms with E-state index in [9.17, 15) is 0 Å². The molecule has 0 aromatic rings. The van der Waals surface area contributed by atoms with E-state index in [0.717, 1.165) is 12.3 Å². The van der Waals surface area contributed by atoms with E-state index in [1.165, 1.54) is 6.42 Å². The summed E-state index contributed by atoms with van der Waals surface area (Å²) >= 11 is 5.30. The molecule has 7 heavy (non-hydrogen) atoms. The van der Waals surface area contributed by atoms with Gasteiger partial charge in [-0.3, -0.25) is 0 Å². The number of unbranched alkanes of at least 4 members (excludes halogenated alkanes) is 1. The van der Waals surface area contributed by atoms with Crippen molar-refractivity contribution in [3.8, 4) is 0 Å². The van der Waals surface area contributed by atoms with Crippen LogP contribution in [0.15, 0.2) is 0 Å². The molecule has 0 aliphatic rings. The summed E-state index contributed by atoms with van der Waals surface area (Å²) in [5.41, 5.74) is 0. The van der Waals surface area contributed by atoms with Crippen molar-refractivity contribution < 1.29 is 39.0 Å². The van der Waals surface area contributed by atoms with Crippen molar-refractivity contribution in [1.82, 2.24) is 0 Å². The zero-order valence-corrected chi connectivity index (χ0v) is 11.6. The molecule has 0 heterocycles. The van der Waals surface area contributed by atoms with E-state index >= 15 is 0 Å². The molecule has 0 spiro atoms. The van der Waals surface area contributed by atoms with Crippen molar-refractivity contribution in [3.05, 3.63) is 0 Å². The Hall–Kier alpha value is 1.54. The van der Waals surface area contributed by atoms with Crippen LogP contribution in [-0.4, -0.2) is 5.88 Å². The Kier molecular flexibility index (Phi) is 35.4. The molecule has 0 radical (unpaired) electrons. The molecule has 0 amide bonds. The van der Waals surface area contributed by atoms with Gasteiger partial charge in [0.2, 0.25) is 0 Å². The Bertz CT molecular complexity index is 17.2. The van der Waals surface area contributed by atoms with E-state index in [0.29, 0.717) is 0 Å². The molecule has 0 nitrogen and oxygen atoms in total. The molecule has 0 aromatic heterocycles. The van der Waals surface area contributed by atoms with E-state index in [2.05, 4.69) is 6.92 Å². The normalized spacial score (nSPS) is 6.00. The first kappa shape index (κ1) is 15.8. The fourth-order valence-corrected chi connectivity index (χ4v) is 0.401. The molecule has 0 N–H and O–H groups in total. The maximum Gasteiger partial charge on any atom is 0.0223 e. The van der Waals surface area contributed by atoms with Gasteiger partial charge in [-0.2, -0.15) is 0 Å². The van der Waals surface area contributed by atoms with E-state index in [4.69, 9.17) is 11.6 Å². The van der Waals surface area contributed by atoms with E-state index in [1.54, 1.807) is 0 Å². The Balaban J connectivity index is -0.0000000800. The maximum atomic E-state index is 5.30. The first-order valence-electron chi connectivity index (χ1n) is 1.97. The third-order valence-corrected chi connectivity index (χ3v) is 0.754. The second-order valence-corrected chi connectivity index (χ2v) is 1.42. The average molecular weight is 223 g/mol. The molecule has 0 aliphatic carbocycles. The maximum absolute atomic E-state index is 5.30. The molecule has 3 heteroatoms. The number of hydrogen-bond acceptors (Lipinski definition) is 0. The predicted octanol–water partition coefficient (Wildman–Crippen LogP) is 2.02. The Morgan fingerprint density at radius 2 is 1.71 bits per heavy atom. The summed E-state index contributed by atoms with van der Waals surface area (Å²) in [6.07, 6.45) is 2.37. The Labute approximate surface area is 75.9 Å². The van der Waals surface area contributed by atoms with Crippen LogP contribution >= 0.6 is 11.6 Å². The van der Waals surface area contributed by atoms with Gasteiger partial charge in [-0.05, 0) is 6.42 Å². The van der Waals surface area contributed by atoms with Gasteiger partial charge in [0.1, 0.15) is 0 Å². The van der Waals surface area contributed by atoms with Crippen molar-refractivity contribution in [2.45, 2.75) is 19.8 Å². The summed E-state index contributed by atoms with van der Waals surface area (Å²) in [7, 11) is 0. The molecule has 0 saturated heterocycles. The van der Waals surface area contributed by atoms with Crippen LogP contribution in [0.1, 0.15) is 19.8 Å². The van der Waals surface area contributed by atoms with Crippen molar-refractivity contribution in [2.75, 3.05) is 5.88 Å². The minimum absolute atomic E-state index is 0. The summed E-state index contributed by atoms with van der Waals surface area (Å²) < 4.78 is 0. The molecular weight excluding hydrogens is 214 g/mol. The van der Waals surface area contributed by atoms with Crippen LogP contribution in [0.4, 0.5) is 0 Å². The van der Waals surface area contributed by atoms with Gasteiger partial charge < -0.3 is 0 Å². The van der Waals surface area contributed by atoms with Crippen LogP contribution in [-0.2, 0) is 39.0 Å². The number of hydrogen-bond donors (Lipinski definition) is 0. The second-order valence-electron chi connectivity index (χ2n) is 1.04. The molecule has 0 aliphatic heterocycles. The van der Waals surface area contributed by atoms with Gasteiger partial charge in [0.25, 0.3) is 0 Å². The molecule has 0 fully saturated rings. The van der Waals surface area contributed by atoms with Gasteiger partial charge in [-0.1, -0.05) is 13.3 Å².